The van der Waals surface area contributed by atoms with Crippen LogP contribution in [0.15, 0.2) is 24.3 Å². The summed E-state index contributed by atoms with van der Waals surface area (Å²) in [5.74, 6) is 0.0957. The van der Waals surface area contributed by atoms with Gasteiger partial charge in [-0.15, -0.1) is 0 Å². The minimum absolute atomic E-state index is 0.0219. The van der Waals surface area contributed by atoms with E-state index >= 15 is 0 Å². The first-order chi connectivity index (χ1) is 10.5. The van der Waals surface area contributed by atoms with Crippen LogP contribution in [-0.4, -0.2) is 28.7 Å². The van der Waals surface area contributed by atoms with E-state index in [2.05, 4.69) is 5.43 Å². The monoisotopic (exact) mass is 330 g/mol. The summed E-state index contributed by atoms with van der Waals surface area (Å²) in [6, 6.07) is 3.89. The van der Waals surface area contributed by atoms with Crippen molar-refractivity contribution in [1.82, 2.24) is 10.4 Å². The van der Waals surface area contributed by atoms with Gasteiger partial charge < -0.3 is 4.74 Å². The molecule has 0 radical (unpaired) electrons. The quantitative estimate of drug-likeness (QED) is 0.917. The zero-order valence-corrected chi connectivity index (χ0v) is 13.6. The largest absolute Gasteiger partial charge is 0.491 e. The smallest absolute Gasteiger partial charge is 0.409 e. The Morgan fingerprint density at radius 3 is 2.17 bits per heavy atom. The maximum Gasteiger partial charge on any atom is 0.409 e. The number of carbonyl (C=O) groups excluding carboxylic acids is 1. The van der Waals surface area contributed by atoms with E-state index in [-0.39, 0.29) is 18.1 Å². The van der Waals surface area contributed by atoms with E-state index in [0.717, 1.165) is 5.01 Å². The van der Waals surface area contributed by atoms with Crippen LogP contribution < -0.4 is 10.2 Å². The fourth-order valence-corrected chi connectivity index (χ4v) is 2.70. The Morgan fingerprint density at radius 1 is 1.22 bits per heavy atom. The Balaban J connectivity index is 2.35. The molecule has 0 aliphatic carbocycles. The average Bonchev–Trinajstić information content (AvgIpc) is 2.62. The van der Waals surface area contributed by atoms with Crippen LogP contribution >= 0.6 is 0 Å². The van der Waals surface area contributed by atoms with E-state index in [9.17, 15) is 18.0 Å². The van der Waals surface area contributed by atoms with Crippen LogP contribution in [0.1, 0.15) is 45.7 Å². The SMILES string of the molecule is CC(C)Oc1ccc(C(N2NC(=O)CC2(C)C)C(F)(F)F)cc1. The molecule has 0 saturated carbocycles. The van der Waals surface area contributed by atoms with Gasteiger partial charge >= 0.3 is 6.18 Å². The van der Waals surface area contributed by atoms with Crippen LogP contribution in [0.5, 0.6) is 5.75 Å². The van der Waals surface area contributed by atoms with E-state index < -0.39 is 23.7 Å². The van der Waals surface area contributed by atoms with Gasteiger partial charge in [0, 0.05) is 12.0 Å². The topological polar surface area (TPSA) is 41.6 Å². The van der Waals surface area contributed by atoms with Crippen LogP contribution in [-0.2, 0) is 4.79 Å². The molecule has 1 saturated heterocycles. The van der Waals surface area contributed by atoms with Gasteiger partial charge in [0.15, 0.2) is 6.04 Å². The number of benzene rings is 1. The van der Waals surface area contributed by atoms with E-state index in [0.29, 0.717) is 5.75 Å². The van der Waals surface area contributed by atoms with Crippen LogP contribution in [0.2, 0.25) is 0 Å². The Hall–Kier alpha value is -1.76. The molecule has 1 N–H and O–H groups in total. The first-order valence-electron chi connectivity index (χ1n) is 7.43. The second-order valence-electron chi connectivity index (χ2n) is 6.57. The highest BCUT2D eigenvalue weighted by Crippen LogP contribution is 2.42. The number of hydrogen-bond acceptors (Lipinski definition) is 3. The first kappa shape index (κ1) is 17.6. The minimum Gasteiger partial charge on any atom is -0.491 e. The first-order valence-corrected chi connectivity index (χ1v) is 7.43. The molecule has 4 nitrogen and oxygen atoms in total. The molecular formula is C16H21F3N2O2. The predicted octanol–water partition coefficient (Wildman–Crippen LogP) is 3.59. The van der Waals surface area contributed by atoms with Crippen molar-refractivity contribution in [3.05, 3.63) is 29.8 Å². The lowest BCUT2D eigenvalue weighted by atomic mass is 9.97. The lowest BCUT2D eigenvalue weighted by Crippen LogP contribution is -2.51. The van der Waals surface area contributed by atoms with Crippen LogP contribution in [0.3, 0.4) is 0 Å². The lowest BCUT2D eigenvalue weighted by Gasteiger charge is -2.37. The van der Waals surface area contributed by atoms with Gasteiger partial charge in [-0.1, -0.05) is 12.1 Å². The molecule has 1 atom stereocenters. The molecule has 0 spiro atoms. The van der Waals surface area contributed by atoms with Gasteiger partial charge in [-0.3, -0.25) is 10.2 Å². The normalized spacial score (nSPS) is 19.7. The summed E-state index contributed by atoms with van der Waals surface area (Å²) in [4.78, 5) is 11.6. The number of ether oxygens (including phenoxy) is 1. The molecular weight excluding hydrogens is 309 g/mol. The fourth-order valence-electron chi connectivity index (χ4n) is 2.70. The summed E-state index contributed by atoms with van der Waals surface area (Å²) in [5, 5.41) is 0.994. The van der Waals surface area contributed by atoms with Gasteiger partial charge in [-0.2, -0.15) is 18.2 Å². The number of hydrazine groups is 1. The van der Waals surface area contributed by atoms with Gasteiger partial charge in [0.25, 0.3) is 0 Å². The van der Waals surface area contributed by atoms with Crippen LogP contribution in [0.25, 0.3) is 0 Å². The van der Waals surface area contributed by atoms with E-state index in [4.69, 9.17) is 4.74 Å². The molecule has 128 valence electrons. The number of alkyl halides is 3. The van der Waals surface area contributed by atoms with Crippen molar-refractivity contribution in [1.29, 1.82) is 0 Å². The van der Waals surface area contributed by atoms with Crippen molar-refractivity contribution in [2.75, 3.05) is 0 Å². The van der Waals surface area contributed by atoms with E-state index in [1.54, 1.807) is 13.8 Å². The molecule has 1 aromatic carbocycles. The van der Waals surface area contributed by atoms with Gasteiger partial charge in [-0.25, -0.2) is 0 Å². The summed E-state index contributed by atoms with van der Waals surface area (Å²) in [7, 11) is 0. The number of amides is 1. The average molecular weight is 330 g/mol. The van der Waals surface area contributed by atoms with Gasteiger partial charge in [0.2, 0.25) is 5.91 Å². The molecule has 1 aromatic rings. The third-order valence-electron chi connectivity index (χ3n) is 3.63. The summed E-state index contributed by atoms with van der Waals surface area (Å²) in [6.07, 6.45) is -4.56. The Morgan fingerprint density at radius 2 is 1.78 bits per heavy atom. The summed E-state index contributed by atoms with van der Waals surface area (Å²) >= 11 is 0. The van der Waals surface area contributed by atoms with Gasteiger partial charge in [0.1, 0.15) is 5.75 Å². The molecule has 1 heterocycles. The van der Waals surface area contributed by atoms with Gasteiger partial charge in [-0.05, 0) is 45.4 Å². The molecule has 0 bridgehead atoms. The molecule has 23 heavy (non-hydrogen) atoms. The lowest BCUT2D eigenvalue weighted by molar-refractivity contribution is -0.203. The molecule has 1 aliphatic heterocycles. The predicted molar refractivity (Wildman–Crippen MR) is 79.7 cm³/mol. The maximum atomic E-state index is 13.6. The molecule has 1 aliphatic rings. The number of carbonyl (C=O) groups is 1. The number of nitrogens with zero attached hydrogens (tertiary/aromatic N) is 1. The molecule has 1 unspecified atom stereocenters. The van der Waals surface area contributed by atoms with E-state index in [1.165, 1.54) is 24.3 Å². The minimum atomic E-state index is -4.52. The van der Waals surface area contributed by atoms with Crippen LogP contribution in [0.4, 0.5) is 13.2 Å². The highest BCUT2D eigenvalue weighted by molar-refractivity contribution is 5.79. The number of halogens is 3. The van der Waals surface area contributed by atoms with Crippen molar-refractivity contribution in [2.24, 2.45) is 0 Å². The second-order valence-corrected chi connectivity index (χ2v) is 6.57. The van der Waals surface area contributed by atoms with Crippen LogP contribution in [0, 0.1) is 0 Å². The number of rotatable bonds is 4. The summed E-state index contributed by atoms with van der Waals surface area (Å²) in [5.41, 5.74) is 1.47. The third kappa shape index (κ3) is 3.96. The molecule has 0 aromatic heterocycles. The molecule has 2 rings (SSSR count). The van der Waals surface area contributed by atoms with Crippen molar-refractivity contribution in [3.8, 4) is 5.75 Å². The summed E-state index contributed by atoms with van der Waals surface area (Å²) in [6.45, 7) is 6.91. The Kier molecular flexibility index (Phi) is 4.61. The van der Waals surface area contributed by atoms with Crippen molar-refractivity contribution in [2.45, 2.75) is 58.0 Å². The standard InChI is InChI=1S/C16H21F3N2O2/c1-10(2)23-12-7-5-11(6-8-12)14(16(17,18)19)21-15(3,4)9-13(22)20-21/h5-8,10,14H,9H2,1-4H3,(H,20,22). The third-order valence-corrected chi connectivity index (χ3v) is 3.63. The summed E-state index contributed by atoms with van der Waals surface area (Å²) < 4.78 is 46.3. The number of hydrogen-bond donors (Lipinski definition) is 1. The molecule has 7 heteroatoms. The van der Waals surface area contributed by atoms with Crippen molar-refractivity contribution in [3.63, 3.8) is 0 Å². The highest BCUT2D eigenvalue weighted by Gasteiger charge is 2.52. The highest BCUT2D eigenvalue weighted by atomic mass is 19.4. The molecule has 1 fully saturated rings. The van der Waals surface area contributed by atoms with Gasteiger partial charge in [0.05, 0.1) is 6.10 Å². The van der Waals surface area contributed by atoms with E-state index in [1.807, 2.05) is 13.8 Å². The zero-order valence-electron chi connectivity index (χ0n) is 13.6. The Labute approximate surface area is 133 Å². The maximum absolute atomic E-state index is 13.6. The second kappa shape index (κ2) is 6.03. The number of nitrogens with one attached hydrogen (secondary N) is 1. The van der Waals surface area contributed by atoms with Crippen molar-refractivity contribution < 1.29 is 22.7 Å². The van der Waals surface area contributed by atoms with Crippen molar-refractivity contribution >= 4 is 5.91 Å². The molecule has 1 amide bonds. The Bertz CT molecular complexity index is 568. The fraction of sp³-hybridized carbons (Fsp3) is 0.562. The zero-order chi connectivity index (χ0) is 17.4.